The first kappa shape index (κ1) is 13.2. The van der Waals surface area contributed by atoms with Crippen LogP contribution in [0.3, 0.4) is 0 Å². The molecule has 1 fully saturated rings. The number of hydrogen-bond donors (Lipinski definition) is 1. The van der Waals surface area contributed by atoms with Crippen molar-refractivity contribution in [1.29, 1.82) is 0 Å². The van der Waals surface area contributed by atoms with E-state index in [0.29, 0.717) is 12.1 Å². The summed E-state index contributed by atoms with van der Waals surface area (Å²) in [5.41, 5.74) is 0.296. The lowest BCUT2D eigenvalue weighted by Gasteiger charge is -2.19. The first-order valence-corrected chi connectivity index (χ1v) is 7.44. The topological polar surface area (TPSA) is 87.0 Å². The van der Waals surface area contributed by atoms with Crippen LogP contribution in [-0.2, 0) is 14.8 Å². The molecule has 0 aromatic rings. The quantitative estimate of drug-likeness (QED) is 0.813. The van der Waals surface area contributed by atoms with Gasteiger partial charge in [-0.15, -0.1) is 0 Å². The van der Waals surface area contributed by atoms with E-state index >= 15 is 0 Å². The molecule has 0 spiro atoms. The van der Waals surface area contributed by atoms with E-state index in [0.717, 1.165) is 25.9 Å². The molecule has 0 amide bonds. The van der Waals surface area contributed by atoms with E-state index in [1.807, 2.05) is 0 Å². The van der Waals surface area contributed by atoms with Crippen molar-refractivity contribution in [2.75, 3.05) is 19.6 Å². The average Bonchev–Trinajstić information content (AvgIpc) is 2.49. The molecule has 0 aromatic heterocycles. The molecule has 2 heterocycles. The molecular weight excluding hydrogens is 256 g/mol. The number of hydrogen-bond acceptors (Lipinski definition) is 4. The maximum Gasteiger partial charge on any atom is 0.349 e. The third kappa shape index (κ3) is 2.78. The predicted molar refractivity (Wildman–Crippen MR) is 67.0 cm³/mol. The van der Waals surface area contributed by atoms with Crippen LogP contribution in [-0.4, -0.2) is 50.2 Å². The third-order valence-electron chi connectivity index (χ3n) is 3.18. The smallest absolute Gasteiger partial charge is 0.349 e. The molecule has 2 aliphatic heterocycles. The van der Waals surface area contributed by atoms with Crippen LogP contribution in [0.25, 0.3) is 0 Å². The van der Waals surface area contributed by atoms with Crippen molar-refractivity contribution in [1.82, 2.24) is 4.90 Å². The Labute approximate surface area is 106 Å². The van der Waals surface area contributed by atoms with Gasteiger partial charge in [0.05, 0.1) is 0 Å². The Bertz CT molecular complexity index is 499. The van der Waals surface area contributed by atoms with Gasteiger partial charge in [-0.1, -0.05) is 12.8 Å². The summed E-state index contributed by atoms with van der Waals surface area (Å²) in [6, 6.07) is 0. The summed E-state index contributed by atoms with van der Waals surface area (Å²) in [5, 5.41) is 8.97. The minimum Gasteiger partial charge on any atom is -0.477 e. The minimum absolute atomic E-state index is 0.296. The molecule has 0 aliphatic carbocycles. The largest absolute Gasteiger partial charge is 0.477 e. The number of sulfonamides is 1. The van der Waals surface area contributed by atoms with Gasteiger partial charge in [0.15, 0.2) is 4.91 Å². The molecular formula is C11H16N2O4S. The summed E-state index contributed by atoms with van der Waals surface area (Å²) in [6.07, 6.45) is 5.66. The Hall–Kier alpha value is -1.21. The summed E-state index contributed by atoms with van der Waals surface area (Å²) >= 11 is 0. The lowest BCUT2D eigenvalue weighted by molar-refractivity contribution is -0.131. The number of carboxylic acids is 1. The number of aliphatic carboxylic acids is 1. The SMILES string of the molecule is O=C(O)C1=C(CN2CCCCCC2)C=NS1(=O)=O. The molecule has 7 heteroatoms. The molecule has 0 radical (unpaired) electrons. The maximum absolute atomic E-state index is 11.5. The van der Waals surface area contributed by atoms with E-state index in [4.69, 9.17) is 5.11 Å². The molecule has 0 atom stereocenters. The van der Waals surface area contributed by atoms with Gasteiger partial charge in [0.1, 0.15) is 0 Å². The summed E-state index contributed by atoms with van der Waals surface area (Å²) in [5.74, 6) is -1.42. The zero-order valence-corrected chi connectivity index (χ0v) is 10.8. The van der Waals surface area contributed by atoms with Gasteiger partial charge in [-0.3, -0.25) is 4.90 Å². The van der Waals surface area contributed by atoms with E-state index in [9.17, 15) is 13.2 Å². The van der Waals surface area contributed by atoms with E-state index in [1.54, 1.807) is 0 Å². The fourth-order valence-electron chi connectivity index (χ4n) is 2.31. The Balaban J connectivity index is 2.18. The molecule has 6 nitrogen and oxygen atoms in total. The lowest BCUT2D eigenvalue weighted by Crippen LogP contribution is -2.28. The summed E-state index contributed by atoms with van der Waals surface area (Å²) < 4.78 is 26.2. The van der Waals surface area contributed by atoms with Crippen LogP contribution in [0.2, 0.25) is 0 Å². The van der Waals surface area contributed by atoms with Crippen molar-refractivity contribution in [3.05, 3.63) is 10.5 Å². The Kier molecular flexibility index (Phi) is 3.82. The van der Waals surface area contributed by atoms with Gasteiger partial charge in [0.2, 0.25) is 0 Å². The van der Waals surface area contributed by atoms with E-state index in [2.05, 4.69) is 9.30 Å². The highest BCUT2D eigenvalue weighted by molar-refractivity contribution is 7.95. The van der Waals surface area contributed by atoms with Crippen molar-refractivity contribution < 1.29 is 18.3 Å². The van der Waals surface area contributed by atoms with Gasteiger partial charge >= 0.3 is 5.97 Å². The minimum atomic E-state index is -3.97. The van der Waals surface area contributed by atoms with Crippen LogP contribution >= 0.6 is 0 Å². The molecule has 2 aliphatic rings. The van der Waals surface area contributed by atoms with Crippen molar-refractivity contribution >= 4 is 22.2 Å². The highest BCUT2D eigenvalue weighted by atomic mass is 32.2. The first-order chi connectivity index (χ1) is 8.50. The van der Waals surface area contributed by atoms with Crippen LogP contribution in [0.1, 0.15) is 25.7 Å². The van der Waals surface area contributed by atoms with Crippen molar-refractivity contribution in [3.63, 3.8) is 0 Å². The number of likely N-dealkylation sites (tertiary alicyclic amines) is 1. The Morgan fingerprint density at radius 3 is 2.44 bits per heavy atom. The monoisotopic (exact) mass is 272 g/mol. The van der Waals surface area contributed by atoms with Crippen molar-refractivity contribution in [2.24, 2.45) is 4.40 Å². The zero-order valence-electron chi connectivity index (χ0n) is 10.0. The maximum atomic E-state index is 11.5. The zero-order chi connectivity index (χ0) is 13.2. The standard InChI is InChI=1S/C11H16N2O4S/c14-11(15)10-9(7-12-18(10,16)17)8-13-5-3-1-2-4-6-13/h7H,1-6,8H2,(H,14,15). The van der Waals surface area contributed by atoms with Gasteiger partial charge in [0.25, 0.3) is 10.0 Å². The van der Waals surface area contributed by atoms with Crippen molar-refractivity contribution in [3.8, 4) is 0 Å². The second kappa shape index (κ2) is 5.19. The van der Waals surface area contributed by atoms with Gasteiger partial charge in [-0.25, -0.2) is 4.79 Å². The summed E-state index contributed by atoms with van der Waals surface area (Å²) in [4.78, 5) is 12.5. The fourth-order valence-corrected chi connectivity index (χ4v) is 3.35. The normalized spacial score (nSPS) is 24.2. The molecule has 2 rings (SSSR count). The van der Waals surface area contributed by atoms with Crippen molar-refractivity contribution in [2.45, 2.75) is 25.7 Å². The second-order valence-corrected chi connectivity index (χ2v) is 6.13. The van der Waals surface area contributed by atoms with Gasteiger partial charge in [-0.2, -0.15) is 12.8 Å². The Morgan fingerprint density at radius 1 is 1.28 bits per heavy atom. The lowest BCUT2D eigenvalue weighted by atomic mass is 10.2. The van der Waals surface area contributed by atoms with E-state index in [-0.39, 0.29) is 0 Å². The molecule has 0 aromatic carbocycles. The fraction of sp³-hybridized carbons (Fsp3) is 0.636. The van der Waals surface area contributed by atoms with Crippen LogP contribution in [0.15, 0.2) is 14.9 Å². The number of carbonyl (C=O) groups is 1. The molecule has 18 heavy (non-hydrogen) atoms. The average molecular weight is 272 g/mol. The number of rotatable bonds is 3. The van der Waals surface area contributed by atoms with Crippen LogP contribution in [0, 0.1) is 0 Å². The summed E-state index contributed by atoms with van der Waals surface area (Å²) in [6.45, 7) is 2.11. The van der Waals surface area contributed by atoms with Gasteiger partial charge in [-0.05, 0) is 25.9 Å². The van der Waals surface area contributed by atoms with Crippen LogP contribution < -0.4 is 0 Å². The van der Waals surface area contributed by atoms with Gasteiger partial charge in [0, 0.05) is 18.3 Å². The van der Waals surface area contributed by atoms with Crippen LogP contribution in [0.5, 0.6) is 0 Å². The summed E-state index contributed by atoms with van der Waals surface area (Å²) in [7, 11) is -3.97. The second-order valence-electron chi connectivity index (χ2n) is 4.56. The third-order valence-corrected chi connectivity index (χ3v) is 4.52. The van der Waals surface area contributed by atoms with E-state index < -0.39 is 20.9 Å². The number of carboxylic acid groups (broad SMARTS) is 1. The van der Waals surface area contributed by atoms with E-state index in [1.165, 1.54) is 19.1 Å². The Morgan fingerprint density at radius 2 is 1.89 bits per heavy atom. The molecule has 100 valence electrons. The van der Waals surface area contributed by atoms with Gasteiger partial charge < -0.3 is 5.11 Å². The molecule has 1 saturated heterocycles. The highest BCUT2D eigenvalue weighted by Crippen LogP contribution is 2.22. The molecule has 1 N–H and O–H groups in total. The highest BCUT2D eigenvalue weighted by Gasteiger charge is 2.32. The molecule has 0 unspecified atom stereocenters. The first-order valence-electron chi connectivity index (χ1n) is 6.00. The molecule has 0 saturated carbocycles. The number of nitrogens with zero attached hydrogens (tertiary/aromatic N) is 2. The molecule has 0 bridgehead atoms. The predicted octanol–water partition coefficient (Wildman–Crippen LogP) is 0.615. The van der Waals surface area contributed by atoms with Crippen LogP contribution in [0.4, 0.5) is 0 Å².